The zero-order valence-electron chi connectivity index (χ0n) is 31.8. The molecule has 1 N–H and O–H groups in total. The lowest BCUT2D eigenvalue weighted by Crippen LogP contribution is -2.39. The number of hydrogen-bond donors (Lipinski definition) is 1. The lowest BCUT2D eigenvalue weighted by Gasteiger charge is -2.45. The second-order valence-corrected chi connectivity index (χ2v) is 15.7. The number of para-hydroxylation sites is 5. The van der Waals surface area contributed by atoms with Gasteiger partial charge in [0.1, 0.15) is 17.3 Å². The molecular formula is C54H34N4O. The van der Waals surface area contributed by atoms with Crippen molar-refractivity contribution in [2.75, 3.05) is 0 Å². The molecule has 3 aliphatic rings. The topological polar surface area (TPSA) is 50.9 Å². The summed E-state index contributed by atoms with van der Waals surface area (Å²) in [5.74, 6) is 3.08. The van der Waals surface area contributed by atoms with E-state index in [1.807, 2.05) is 0 Å². The molecule has 0 amide bonds. The third-order valence-corrected chi connectivity index (χ3v) is 12.7. The monoisotopic (exact) mass is 754 g/mol. The molecular weight excluding hydrogens is 721 g/mol. The van der Waals surface area contributed by atoms with Crippen LogP contribution in [0.15, 0.2) is 204 Å². The molecule has 0 bridgehead atoms. The van der Waals surface area contributed by atoms with Crippen LogP contribution in [0.4, 0.5) is 0 Å². The number of amidine groups is 2. The first-order chi connectivity index (χ1) is 29.3. The Hall–Kier alpha value is -7.76. The van der Waals surface area contributed by atoms with Gasteiger partial charge in [0.2, 0.25) is 0 Å². The van der Waals surface area contributed by atoms with Crippen molar-refractivity contribution < 1.29 is 4.74 Å². The highest BCUT2D eigenvalue weighted by Gasteiger charge is 2.51. The quantitative estimate of drug-likeness (QED) is 0.195. The van der Waals surface area contributed by atoms with E-state index in [0.717, 1.165) is 66.7 Å². The van der Waals surface area contributed by atoms with Crippen molar-refractivity contribution in [1.29, 1.82) is 0 Å². The predicted molar refractivity (Wildman–Crippen MR) is 240 cm³/mol. The van der Waals surface area contributed by atoms with Crippen LogP contribution >= 0.6 is 0 Å². The van der Waals surface area contributed by atoms with Gasteiger partial charge in [0, 0.05) is 38.6 Å². The molecule has 276 valence electrons. The maximum atomic E-state index is 7.21. The first kappa shape index (κ1) is 32.3. The van der Waals surface area contributed by atoms with Crippen molar-refractivity contribution in [3.63, 3.8) is 0 Å². The van der Waals surface area contributed by atoms with E-state index in [4.69, 9.17) is 14.7 Å². The van der Waals surface area contributed by atoms with Crippen molar-refractivity contribution in [3.05, 3.63) is 233 Å². The summed E-state index contributed by atoms with van der Waals surface area (Å²) in [6.45, 7) is 0. The number of aromatic nitrogens is 1. The van der Waals surface area contributed by atoms with Gasteiger partial charge in [-0.1, -0.05) is 176 Å². The average Bonchev–Trinajstić information content (AvgIpc) is 3.65. The molecule has 0 saturated heterocycles. The molecule has 0 saturated carbocycles. The summed E-state index contributed by atoms with van der Waals surface area (Å²) in [6.07, 6.45) is -0.520. The fourth-order valence-electron chi connectivity index (χ4n) is 10.3. The minimum absolute atomic E-state index is 0.520. The maximum absolute atomic E-state index is 7.21. The van der Waals surface area contributed by atoms with Crippen molar-refractivity contribution in [1.82, 2.24) is 9.88 Å². The van der Waals surface area contributed by atoms with Crippen LogP contribution in [0.5, 0.6) is 11.5 Å². The van der Waals surface area contributed by atoms with E-state index in [0.29, 0.717) is 5.84 Å². The van der Waals surface area contributed by atoms with Gasteiger partial charge in [0.15, 0.2) is 12.0 Å². The lowest BCUT2D eigenvalue weighted by molar-refractivity contribution is 0.422. The van der Waals surface area contributed by atoms with Gasteiger partial charge >= 0.3 is 0 Å². The van der Waals surface area contributed by atoms with E-state index in [9.17, 15) is 0 Å². The Balaban J connectivity index is 1.10. The normalized spacial score (nSPS) is 17.5. The van der Waals surface area contributed by atoms with Crippen LogP contribution in [0, 0.1) is 0 Å². The fourth-order valence-corrected chi connectivity index (χ4v) is 10.3. The Morgan fingerprint density at radius 1 is 0.492 bits per heavy atom. The molecule has 5 heteroatoms. The van der Waals surface area contributed by atoms with E-state index in [1.165, 1.54) is 38.6 Å². The number of hydrogen-bond acceptors (Lipinski definition) is 4. The molecule has 2 unspecified atom stereocenters. The van der Waals surface area contributed by atoms with Gasteiger partial charge in [-0.15, -0.1) is 0 Å². The molecule has 2 atom stereocenters. The van der Waals surface area contributed by atoms with Gasteiger partial charge in [-0.2, -0.15) is 0 Å². The number of aliphatic imine (C=N–C) groups is 2. The smallest absolute Gasteiger partial charge is 0.160 e. The van der Waals surface area contributed by atoms with Crippen LogP contribution in [0.3, 0.4) is 0 Å². The van der Waals surface area contributed by atoms with Crippen LogP contribution in [-0.2, 0) is 5.41 Å². The van der Waals surface area contributed by atoms with Gasteiger partial charge in [-0.05, 0) is 50.9 Å². The Labute approximate surface area is 340 Å². The molecule has 4 heterocycles. The first-order valence-electron chi connectivity index (χ1n) is 20.2. The average molecular weight is 755 g/mol. The molecule has 1 aromatic heterocycles. The fraction of sp³-hybridized carbons (Fsp3) is 0.0370. The predicted octanol–water partition coefficient (Wildman–Crippen LogP) is 12.4. The largest absolute Gasteiger partial charge is 0.456 e. The molecule has 13 rings (SSSR count). The highest BCUT2D eigenvalue weighted by atomic mass is 16.5. The molecule has 10 aromatic rings. The molecule has 59 heavy (non-hydrogen) atoms. The van der Waals surface area contributed by atoms with Gasteiger partial charge in [0.05, 0.1) is 22.1 Å². The van der Waals surface area contributed by atoms with E-state index in [2.05, 4.69) is 204 Å². The van der Waals surface area contributed by atoms with Crippen molar-refractivity contribution in [2.45, 2.75) is 11.6 Å². The molecule has 1 spiro atoms. The molecule has 0 aliphatic carbocycles. The van der Waals surface area contributed by atoms with Crippen LogP contribution in [0.2, 0.25) is 0 Å². The van der Waals surface area contributed by atoms with E-state index in [-0.39, 0.29) is 0 Å². The van der Waals surface area contributed by atoms with Gasteiger partial charge in [-0.3, -0.25) is 0 Å². The van der Waals surface area contributed by atoms with Gasteiger partial charge in [-0.25, -0.2) is 9.98 Å². The molecule has 5 nitrogen and oxygen atoms in total. The Morgan fingerprint density at radius 3 is 1.93 bits per heavy atom. The van der Waals surface area contributed by atoms with Crippen molar-refractivity contribution in [2.24, 2.45) is 9.98 Å². The Kier molecular flexibility index (Phi) is 6.64. The van der Waals surface area contributed by atoms with Crippen molar-refractivity contribution in [3.8, 4) is 17.2 Å². The number of ether oxygens (including phenoxy) is 1. The summed E-state index contributed by atoms with van der Waals surface area (Å²) < 4.78 is 9.68. The van der Waals surface area contributed by atoms with Crippen LogP contribution in [-0.4, -0.2) is 16.2 Å². The molecule has 9 aromatic carbocycles. The summed E-state index contributed by atoms with van der Waals surface area (Å²) in [5, 5.41) is 10.9. The third kappa shape index (κ3) is 4.39. The maximum Gasteiger partial charge on any atom is 0.160 e. The second kappa shape index (κ2) is 12.1. The van der Waals surface area contributed by atoms with Crippen LogP contribution < -0.4 is 10.1 Å². The summed E-state index contributed by atoms with van der Waals surface area (Å²) in [6, 6.07) is 69.5. The lowest BCUT2D eigenvalue weighted by atomic mass is 9.61. The minimum atomic E-state index is -0.690. The van der Waals surface area contributed by atoms with E-state index in [1.54, 1.807) is 0 Å². The molecule has 3 aliphatic heterocycles. The standard InChI is InChI=1S/C54H34N4O/c1-3-19-35-33(15-1)17-11-23-39(35)51-55-52(40-24-12-18-34-16-2-4-20-36(34)40)57-53(56-51)41-25-14-29-45-50(41)59-48-32-10-7-27-43(48)54(45)42-26-6-9-31-47(42)58-46-30-8-5-21-37(46)38-22-13-28-44(54)49(38)58/h1-32,53H,(H,55,56,57). The number of fused-ring (bicyclic) bond motifs is 13. The van der Waals surface area contributed by atoms with E-state index < -0.39 is 11.6 Å². The number of nitrogens with one attached hydrogen (secondary N) is 1. The minimum Gasteiger partial charge on any atom is -0.456 e. The molecule has 0 radical (unpaired) electrons. The number of rotatable bonds is 3. The van der Waals surface area contributed by atoms with Gasteiger partial charge in [0.25, 0.3) is 0 Å². The number of benzene rings is 9. The second-order valence-electron chi connectivity index (χ2n) is 15.7. The zero-order chi connectivity index (χ0) is 38.7. The summed E-state index contributed by atoms with van der Waals surface area (Å²) in [7, 11) is 0. The summed E-state index contributed by atoms with van der Waals surface area (Å²) in [4.78, 5) is 10.9. The van der Waals surface area contributed by atoms with E-state index >= 15 is 0 Å². The highest BCUT2D eigenvalue weighted by Crippen LogP contribution is 2.61. The number of nitrogens with zero attached hydrogens (tertiary/aromatic N) is 3. The summed E-state index contributed by atoms with van der Waals surface area (Å²) >= 11 is 0. The third-order valence-electron chi connectivity index (χ3n) is 12.7. The first-order valence-corrected chi connectivity index (χ1v) is 20.2. The SMILES string of the molecule is c1ccc2c(c1)Oc1c(C3N=C(c4cccc5ccccc45)N=C(c4cccc5ccccc45)N3)cccc1C21c2ccccc2-n2c3ccccc3c3cccc1c32. The zero-order valence-corrected chi connectivity index (χ0v) is 31.8. The van der Waals surface area contributed by atoms with Crippen molar-refractivity contribution >= 4 is 55.0 Å². The van der Waals surface area contributed by atoms with Crippen LogP contribution in [0.25, 0.3) is 49.0 Å². The Morgan fingerprint density at radius 2 is 1.08 bits per heavy atom. The van der Waals surface area contributed by atoms with Gasteiger partial charge < -0.3 is 14.6 Å². The molecule has 0 fully saturated rings. The highest BCUT2D eigenvalue weighted by molar-refractivity contribution is 6.20. The Bertz CT molecular complexity index is 3470. The summed E-state index contributed by atoms with van der Waals surface area (Å²) in [5.41, 5.74) is 10.5. The van der Waals surface area contributed by atoms with Crippen LogP contribution in [0.1, 0.15) is 45.1 Å².